The van der Waals surface area contributed by atoms with E-state index in [-0.39, 0.29) is 11.8 Å². The van der Waals surface area contributed by atoms with Crippen molar-refractivity contribution in [3.63, 3.8) is 0 Å². The Morgan fingerprint density at radius 1 is 1.12 bits per heavy atom. The molecule has 0 N–H and O–H groups in total. The molecule has 0 aromatic carbocycles. The molecule has 3 unspecified atom stereocenters. The average Bonchev–Trinajstić information content (AvgIpc) is 2.55. The van der Waals surface area contributed by atoms with Crippen molar-refractivity contribution in [2.45, 2.75) is 36.7 Å². The third-order valence-corrected chi connectivity index (χ3v) is 6.28. The Labute approximate surface area is 99.7 Å². The van der Waals surface area contributed by atoms with Gasteiger partial charge in [-0.1, -0.05) is 0 Å². The van der Waals surface area contributed by atoms with Gasteiger partial charge in [0.1, 0.15) is 0 Å². The predicted octanol–water partition coefficient (Wildman–Crippen LogP) is 1.49. The fourth-order valence-electron chi connectivity index (χ4n) is 3.44. The summed E-state index contributed by atoms with van der Waals surface area (Å²) in [7, 11) is 2.05. The highest BCUT2D eigenvalue weighted by Crippen LogP contribution is 2.55. The van der Waals surface area contributed by atoms with Gasteiger partial charge in [-0.2, -0.15) is 0 Å². The summed E-state index contributed by atoms with van der Waals surface area (Å²) < 4.78 is 34.4. The largest absolute Gasteiger partial charge is 0.347 e. The van der Waals surface area contributed by atoms with Gasteiger partial charge in [-0.15, -0.1) is 0 Å². The topological polar surface area (TPSA) is 52.6 Å². The fourth-order valence-corrected chi connectivity index (χ4v) is 5.24. The summed E-state index contributed by atoms with van der Waals surface area (Å²) in [4.78, 5) is 0. The number of rotatable bonds is 1. The van der Waals surface area contributed by atoms with E-state index in [1.54, 1.807) is 0 Å². The van der Waals surface area contributed by atoms with Crippen LogP contribution in [0.2, 0.25) is 0 Å². The predicted molar refractivity (Wildman–Crippen MR) is 58.6 cm³/mol. The molecule has 0 aromatic rings. The second-order valence-electron chi connectivity index (χ2n) is 4.91. The lowest BCUT2D eigenvalue weighted by molar-refractivity contribution is -0.246. The summed E-state index contributed by atoms with van der Waals surface area (Å²) in [5, 5.41) is -0.397. The maximum atomic E-state index is 11.5. The van der Waals surface area contributed by atoms with E-state index < -0.39 is 20.1 Å². The highest BCUT2D eigenvalue weighted by atomic mass is 35.7. The second-order valence-corrected chi connectivity index (χ2v) is 7.76. The van der Waals surface area contributed by atoms with Gasteiger partial charge in [0.25, 0.3) is 0 Å². The summed E-state index contributed by atoms with van der Waals surface area (Å²) in [6.07, 6.45) is 3.14. The van der Waals surface area contributed by atoms with Crippen LogP contribution in [-0.2, 0) is 18.5 Å². The molecule has 92 valence electrons. The third-order valence-electron chi connectivity index (χ3n) is 4.29. The monoisotopic (exact) mass is 266 g/mol. The molecular formula is C10H15ClO4S. The van der Waals surface area contributed by atoms with Crippen LogP contribution in [-0.4, -0.2) is 32.7 Å². The zero-order chi connectivity index (χ0) is 11.4. The van der Waals surface area contributed by atoms with Crippen molar-refractivity contribution in [2.24, 2.45) is 11.8 Å². The molecule has 3 atom stereocenters. The summed E-state index contributed by atoms with van der Waals surface area (Å²) in [5.41, 5.74) is 0. The number of fused-ring (bicyclic) bond motifs is 2. The van der Waals surface area contributed by atoms with Crippen LogP contribution in [0, 0.1) is 11.8 Å². The molecule has 16 heavy (non-hydrogen) atoms. The van der Waals surface area contributed by atoms with E-state index in [0.717, 1.165) is 12.8 Å². The van der Waals surface area contributed by atoms with Crippen molar-refractivity contribution in [2.75, 3.05) is 13.2 Å². The minimum absolute atomic E-state index is 0.134. The SMILES string of the molecule is O=S(=O)(Cl)C1CCC2(OCCO2)C2CCC21. The van der Waals surface area contributed by atoms with Crippen LogP contribution in [0.15, 0.2) is 0 Å². The Kier molecular flexibility index (Phi) is 2.52. The van der Waals surface area contributed by atoms with E-state index >= 15 is 0 Å². The molecule has 1 aliphatic heterocycles. The van der Waals surface area contributed by atoms with Gasteiger partial charge in [-0.05, 0) is 25.2 Å². The van der Waals surface area contributed by atoms with E-state index in [0.29, 0.717) is 26.1 Å². The van der Waals surface area contributed by atoms with Gasteiger partial charge in [0.05, 0.1) is 18.5 Å². The first-order valence-corrected chi connectivity index (χ1v) is 8.12. The lowest BCUT2D eigenvalue weighted by Gasteiger charge is -2.53. The molecule has 1 heterocycles. The Bertz CT molecular complexity index is 388. The first-order chi connectivity index (χ1) is 7.53. The van der Waals surface area contributed by atoms with Gasteiger partial charge in [-0.25, -0.2) is 8.42 Å². The first-order valence-electron chi connectivity index (χ1n) is 5.74. The molecule has 0 amide bonds. The Balaban J connectivity index is 1.85. The molecule has 0 radical (unpaired) electrons. The average molecular weight is 267 g/mol. The normalized spacial score (nSPS) is 41.7. The Hall–Kier alpha value is 0.160. The molecule has 1 spiro atoms. The lowest BCUT2D eigenvalue weighted by Crippen LogP contribution is -2.57. The number of hydrogen-bond donors (Lipinski definition) is 0. The van der Waals surface area contributed by atoms with Gasteiger partial charge >= 0.3 is 0 Å². The summed E-state index contributed by atoms with van der Waals surface area (Å²) in [5.74, 6) is -0.127. The summed E-state index contributed by atoms with van der Waals surface area (Å²) in [6.45, 7) is 1.25. The van der Waals surface area contributed by atoms with Crippen LogP contribution in [0.4, 0.5) is 0 Å². The molecule has 3 rings (SSSR count). The molecule has 3 fully saturated rings. The van der Waals surface area contributed by atoms with Gasteiger partial charge in [0.2, 0.25) is 9.05 Å². The zero-order valence-electron chi connectivity index (χ0n) is 8.89. The maximum absolute atomic E-state index is 11.5. The van der Waals surface area contributed by atoms with E-state index in [1.165, 1.54) is 0 Å². The molecule has 2 saturated carbocycles. The van der Waals surface area contributed by atoms with Crippen molar-refractivity contribution in [1.29, 1.82) is 0 Å². The number of ether oxygens (including phenoxy) is 2. The molecule has 1 saturated heterocycles. The van der Waals surface area contributed by atoms with Crippen LogP contribution < -0.4 is 0 Å². The fraction of sp³-hybridized carbons (Fsp3) is 1.00. The van der Waals surface area contributed by atoms with Gasteiger partial charge in [-0.3, -0.25) is 0 Å². The Morgan fingerprint density at radius 2 is 1.81 bits per heavy atom. The van der Waals surface area contributed by atoms with Crippen molar-refractivity contribution in [1.82, 2.24) is 0 Å². The number of hydrogen-bond acceptors (Lipinski definition) is 4. The van der Waals surface area contributed by atoms with E-state index in [4.69, 9.17) is 20.2 Å². The van der Waals surface area contributed by atoms with E-state index in [1.807, 2.05) is 0 Å². The molecule has 0 bridgehead atoms. The van der Waals surface area contributed by atoms with Crippen LogP contribution in [0.1, 0.15) is 25.7 Å². The minimum Gasteiger partial charge on any atom is -0.347 e. The maximum Gasteiger partial charge on any atom is 0.235 e. The van der Waals surface area contributed by atoms with Crippen LogP contribution in [0.25, 0.3) is 0 Å². The number of halogens is 1. The van der Waals surface area contributed by atoms with Gasteiger partial charge < -0.3 is 9.47 Å². The highest BCUT2D eigenvalue weighted by molar-refractivity contribution is 8.14. The smallest absolute Gasteiger partial charge is 0.235 e. The van der Waals surface area contributed by atoms with Crippen molar-refractivity contribution in [3.8, 4) is 0 Å². The second kappa shape index (κ2) is 3.57. The molecule has 3 aliphatic rings. The highest BCUT2D eigenvalue weighted by Gasteiger charge is 2.59. The standard InChI is InChI=1S/C10H15ClO4S/c11-16(12,13)9-3-4-10(14-5-6-15-10)8-2-1-7(8)9/h7-9H,1-6H2. The van der Waals surface area contributed by atoms with E-state index in [2.05, 4.69) is 0 Å². The summed E-state index contributed by atoms with van der Waals surface area (Å²) >= 11 is 0. The molecular weight excluding hydrogens is 252 g/mol. The molecule has 0 aromatic heterocycles. The van der Waals surface area contributed by atoms with Crippen LogP contribution >= 0.6 is 10.7 Å². The molecule has 6 heteroatoms. The Morgan fingerprint density at radius 3 is 2.31 bits per heavy atom. The van der Waals surface area contributed by atoms with Gasteiger partial charge in [0, 0.05) is 23.0 Å². The van der Waals surface area contributed by atoms with Gasteiger partial charge in [0.15, 0.2) is 5.79 Å². The molecule has 2 aliphatic carbocycles. The first kappa shape index (κ1) is 11.3. The minimum atomic E-state index is -3.44. The molecule has 4 nitrogen and oxygen atoms in total. The lowest BCUT2D eigenvalue weighted by atomic mass is 9.62. The van der Waals surface area contributed by atoms with Crippen LogP contribution in [0.3, 0.4) is 0 Å². The third kappa shape index (κ3) is 1.52. The van der Waals surface area contributed by atoms with Crippen molar-refractivity contribution >= 4 is 19.7 Å². The van der Waals surface area contributed by atoms with Crippen molar-refractivity contribution < 1.29 is 17.9 Å². The van der Waals surface area contributed by atoms with Crippen molar-refractivity contribution in [3.05, 3.63) is 0 Å². The zero-order valence-corrected chi connectivity index (χ0v) is 10.5. The van der Waals surface area contributed by atoms with Crippen LogP contribution in [0.5, 0.6) is 0 Å². The van der Waals surface area contributed by atoms with E-state index in [9.17, 15) is 8.42 Å². The quantitative estimate of drug-likeness (QED) is 0.675. The summed E-state index contributed by atoms with van der Waals surface area (Å²) in [6, 6.07) is 0.